The molecule has 16 heavy (non-hydrogen) atoms. The van der Waals surface area contributed by atoms with Gasteiger partial charge in [-0.1, -0.05) is 61.1 Å². The first kappa shape index (κ1) is 12.8. The van der Waals surface area contributed by atoms with Crippen LogP contribution >= 0.6 is 0 Å². The average Bonchev–Trinajstić information content (AvgIpc) is 2.35. The summed E-state index contributed by atoms with van der Waals surface area (Å²) in [7, 11) is 0. The SMILES string of the molecule is C/C=C(\C=C/CC)CCCc1ccccc1. The standard InChI is InChI=1S/C16H22/c1-3-5-10-15(4-2)13-9-14-16-11-7-6-8-12-16/h4-8,10-12H,3,9,13-14H2,1-2H3/b10-5-,15-4+. The summed E-state index contributed by atoms with van der Waals surface area (Å²) in [6.45, 7) is 4.30. The second kappa shape index (κ2) is 7.92. The molecule has 0 saturated heterocycles. The van der Waals surface area contributed by atoms with Crippen LogP contribution in [0.15, 0.2) is 54.1 Å². The highest BCUT2D eigenvalue weighted by Crippen LogP contribution is 2.11. The van der Waals surface area contributed by atoms with Crippen LogP contribution in [0.2, 0.25) is 0 Å². The lowest BCUT2D eigenvalue weighted by molar-refractivity contribution is 0.822. The number of benzene rings is 1. The molecule has 0 aliphatic heterocycles. The summed E-state index contributed by atoms with van der Waals surface area (Å²) in [6.07, 6.45) is 11.4. The fourth-order valence-electron chi connectivity index (χ4n) is 1.73. The summed E-state index contributed by atoms with van der Waals surface area (Å²) in [4.78, 5) is 0. The van der Waals surface area contributed by atoms with Crippen molar-refractivity contribution < 1.29 is 0 Å². The minimum Gasteiger partial charge on any atom is -0.0845 e. The van der Waals surface area contributed by atoms with Crippen molar-refractivity contribution in [2.24, 2.45) is 0 Å². The van der Waals surface area contributed by atoms with Gasteiger partial charge in [0.25, 0.3) is 0 Å². The van der Waals surface area contributed by atoms with Gasteiger partial charge in [0.2, 0.25) is 0 Å². The molecular formula is C16H22. The zero-order chi connectivity index (χ0) is 11.6. The van der Waals surface area contributed by atoms with E-state index in [1.54, 1.807) is 0 Å². The highest BCUT2D eigenvalue weighted by atomic mass is 14.0. The lowest BCUT2D eigenvalue weighted by Crippen LogP contribution is -1.86. The third kappa shape index (κ3) is 4.97. The van der Waals surface area contributed by atoms with Crippen LogP contribution in [0.1, 0.15) is 38.7 Å². The van der Waals surface area contributed by atoms with Crippen LogP contribution in [-0.4, -0.2) is 0 Å². The highest BCUT2D eigenvalue weighted by molar-refractivity contribution is 5.19. The molecule has 0 atom stereocenters. The first-order valence-electron chi connectivity index (χ1n) is 6.22. The molecule has 0 aliphatic rings. The van der Waals surface area contributed by atoms with E-state index in [0.717, 1.165) is 6.42 Å². The summed E-state index contributed by atoms with van der Waals surface area (Å²) in [5.41, 5.74) is 2.90. The van der Waals surface area contributed by atoms with Gasteiger partial charge in [-0.25, -0.2) is 0 Å². The van der Waals surface area contributed by atoms with Gasteiger partial charge in [-0.3, -0.25) is 0 Å². The van der Waals surface area contributed by atoms with Crippen molar-refractivity contribution in [2.45, 2.75) is 39.5 Å². The fourth-order valence-corrected chi connectivity index (χ4v) is 1.73. The van der Waals surface area contributed by atoms with Gasteiger partial charge in [-0.15, -0.1) is 0 Å². The second-order valence-electron chi connectivity index (χ2n) is 4.01. The van der Waals surface area contributed by atoms with Gasteiger partial charge in [-0.2, -0.15) is 0 Å². The van der Waals surface area contributed by atoms with Crippen LogP contribution < -0.4 is 0 Å². The van der Waals surface area contributed by atoms with Crippen molar-refractivity contribution in [3.63, 3.8) is 0 Å². The normalized spacial score (nSPS) is 12.2. The Morgan fingerprint density at radius 2 is 1.94 bits per heavy atom. The van der Waals surface area contributed by atoms with Crippen molar-refractivity contribution in [3.8, 4) is 0 Å². The minimum atomic E-state index is 1.12. The Balaban J connectivity index is 2.32. The van der Waals surface area contributed by atoms with Gasteiger partial charge < -0.3 is 0 Å². The van der Waals surface area contributed by atoms with Crippen LogP contribution in [0.25, 0.3) is 0 Å². The fraction of sp³-hybridized carbons (Fsp3) is 0.375. The van der Waals surface area contributed by atoms with Gasteiger partial charge in [-0.05, 0) is 38.2 Å². The maximum absolute atomic E-state index is 2.25. The average molecular weight is 214 g/mol. The van der Waals surface area contributed by atoms with Crippen molar-refractivity contribution >= 4 is 0 Å². The van der Waals surface area contributed by atoms with Crippen LogP contribution in [-0.2, 0) is 6.42 Å². The van der Waals surface area contributed by atoms with Crippen molar-refractivity contribution in [2.75, 3.05) is 0 Å². The molecular weight excluding hydrogens is 192 g/mol. The second-order valence-corrected chi connectivity index (χ2v) is 4.01. The van der Waals surface area contributed by atoms with Crippen LogP contribution in [0.5, 0.6) is 0 Å². The molecule has 0 bridgehead atoms. The van der Waals surface area contributed by atoms with Gasteiger partial charge in [0.05, 0.1) is 0 Å². The number of aryl methyl sites for hydroxylation is 1. The Morgan fingerprint density at radius 3 is 2.56 bits per heavy atom. The molecule has 0 saturated carbocycles. The quantitative estimate of drug-likeness (QED) is 0.589. The van der Waals surface area contributed by atoms with Crippen LogP contribution in [0, 0.1) is 0 Å². The summed E-state index contributed by atoms with van der Waals surface area (Å²) in [5, 5.41) is 0. The molecule has 1 aromatic carbocycles. The minimum absolute atomic E-state index is 1.12. The molecule has 0 heteroatoms. The predicted molar refractivity (Wildman–Crippen MR) is 72.6 cm³/mol. The Bertz CT molecular complexity index is 330. The molecule has 0 aromatic heterocycles. The lowest BCUT2D eigenvalue weighted by atomic mass is 10.0. The Labute approximate surface area is 99.7 Å². The molecule has 1 rings (SSSR count). The Morgan fingerprint density at radius 1 is 1.19 bits per heavy atom. The van der Waals surface area contributed by atoms with Crippen LogP contribution in [0.3, 0.4) is 0 Å². The van der Waals surface area contributed by atoms with Crippen molar-refractivity contribution in [1.29, 1.82) is 0 Å². The number of hydrogen-bond acceptors (Lipinski definition) is 0. The van der Waals surface area contributed by atoms with E-state index in [-0.39, 0.29) is 0 Å². The third-order valence-corrected chi connectivity index (χ3v) is 2.71. The molecule has 0 fully saturated rings. The van der Waals surface area contributed by atoms with Crippen molar-refractivity contribution in [1.82, 2.24) is 0 Å². The number of allylic oxidation sites excluding steroid dienone is 4. The number of hydrogen-bond donors (Lipinski definition) is 0. The van der Waals surface area contributed by atoms with E-state index in [2.05, 4.69) is 62.4 Å². The molecule has 0 amide bonds. The van der Waals surface area contributed by atoms with Crippen LogP contribution in [0.4, 0.5) is 0 Å². The number of rotatable bonds is 6. The van der Waals surface area contributed by atoms with E-state index in [9.17, 15) is 0 Å². The predicted octanol–water partition coefficient (Wildman–Crippen LogP) is 4.92. The zero-order valence-electron chi connectivity index (χ0n) is 10.4. The van der Waals surface area contributed by atoms with E-state index < -0.39 is 0 Å². The summed E-state index contributed by atoms with van der Waals surface area (Å²) >= 11 is 0. The van der Waals surface area contributed by atoms with Gasteiger partial charge in [0, 0.05) is 0 Å². The topological polar surface area (TPSA) is 0 Å². The van der Waals surface area contributed by atoms with E-state index >= 15 is 0 Å². The largest absolute Gasteiger partial charge is 0.0845 e. The molecule has 0 nitrogen and oxygen atoms in total. The zero-order valence-corrected chi connectivity index (χ0v) is 10.4. The Kier molecular flexibility index (Phi) is 6.32. The van der Waals surface area contributed by atoms with Crippen molar-refractivity contribution in [3.05, 3.63) is 59.7 Å². The van der Waals surface area contributed by atoms with Gasteiger partial charge in [0.1, 0.15) is 0 Å². The van der Waals surface area contributed by atoms with E-state index in [0.29, 0.717) is 0 Å². The summed E-state index contributed by atoms with van der Waals surface area (Å²) < 4.78 is 0. The Hall–Kier alpha value is -1.30. The molecule has 0 heterocycles. The van der Waals surface area contributed by atoms with Gasteiger partial charge in [0.15, 0.2) is 0 Å². The van der Waals surface area contributed by atoms with E-state index in [1.807, 2.05) is 0 Å². The summed E-state index contributed by atoms with van der Waals surface area (Å²) in [6, 6.07) is 10.7. The molecule has 0 N–H and O–H groups in total. The lowest BCUT2D eigenvalue weighted by Gasteiger charge is -2.02. The molecule has 0 radical (unpaired) electrons. The maximum Gasteiger partial charge on any atom is -0.0276 e. The smallest absolute Gasteiger partial charge is 0.0276 e. The first-order valence-corrected chi connectivity index (χ1v) is 6.22. The van der Waals surface area contributed by atoms with E-state index in [1.165, 1.54) is 30.4 Å². The molecule has 0 spiro atoms. The monoisotopic (exact) mass is 214 g/mol. The first-order chi connectivity index (χ1) is 7.86. The maximum atomic E-state index is 2.25. The molecule has 0 unspecified atom stereocenters. The van der Waals surface area contributed by atoms with Gasteiger partial charge >= 0.3 is 0 Å². The van der Waals surface area contributed by atoms with E-state index in [4.69, 9.17) is 0 Å². The summed E-state index contributed by atoms with van der Waals surface area (Å²) in [5.74, 6) is 0. The molecule has 1 aromatic rings. The molecule has 86 valence electrons. The highest BCUT2D eigenvalue weighted by Gasteiger charge is 1.94. The molecule has 0 aliphatic carbocycles. The third-order valence-electron chi connectivity index (χ3n) is 2.71.